The summed E-state index contributed by atoms with van der Waals surface area (Å²) in [4.78, 5) is 24.1. The van der Waals surface area contributed by atoms with E-state index in [9.17, 15) is 9.59 Å². The van der Waals surface area contributed by atoms with Gasteiger partial charge in [-0.1, -0.05) is 6.07 Å². The SMILES string of the molecule is CC(C)(C)OC(=O)NCCC(=O)NCCc1cccs1. The van der Waals surface area contributed by atoms with Crippen LogP contribution in [0.15, 0.2) is 17.5 Å². The average molecular weight is 298 g/mol. The first-order valence-electron chi connectivity index (χ1n) is 6.63. The summed E-state index contributed by atoms with van der Waals surface area (Å²) in [5, 5.41) is 7.39. The van der Waals surface area contributed by atoms with Crippen LogP contribution in [-0.2, 0) is 16.0 Å². The van der Waals surface area contributed by atoms with Gasteiger partial charge >= 0.3 is 6.09 Å². The highest BCUT2D eigenvalue weighted by Gasteiger charge is 2.15. The number of carbonyl (C=O) groups is 2. The Hall–Kier alpha value is -1.56. The summed E-state index contributed by atoms with van der Waals surface area (Å²) in [5.41, 5.74) is -0.521. The van der Waals surface area contributed by atoms with Gasteiger partial charge in [0.05, 0.1) is 0 Å². The van der Waals surface area contributed by atoms with E-state index in [2.05, 4.69) is 10.6 Å². The molecule has 0 aliphatic carbocycles. The molecule has 0 atom stereocenters. The molecule has 0 saturated heterocycles. The lowest BCUT2D eigenvalue weighted by atomic mass is 10.2. The third-order valence-electron chi connectivity index (χ3n) is 2.29. The average Bonchev–Trinajstić information content (AvgIpc) is 2.79. The third-order valence-corrected chi connectivity index (χ3v) is 3.23. The second-order valence-electron chi connectivity index (χ2n) is 5.36. The summed E-state index contributed by atoms with van der Waals surface area (Å²) >= 11 is 1.68. The number of hydrogen-bond acceptors (Lipinski definition) is 4. The summed E-state index contributed by atoms with van der Waals surface area (Å²) in [7, 11) is 0. The van der Waals surface area contributed by atoms with Crippen molar-refractivity contribution in [1.29, 1.82) is 0 Å². The van der Waals surface area contributed by atoms with Crippen molar-refractivity contribution < 1.29 is 14.3 Å². The maximum absolute atomic E-state index is 11.5. The van der Waals surface area contributed by atoms with Gasteiger partial charge in [-0.05, 0) is 38.6 Å². The summed E-state index contributed by atoms with van der Waals surface area (Å²) < 4.78 is 5.07. The lowest BCUT2D eigenvalue weighted by molar-refractivity contribution is -0.120. The van der Waals surface area contributed by atoms with Gasteiger partial charge in [0.1, 0.15) is 5.60 Å². The van der Waals surface area contributed by atoms with Gasteiger partial charge in [0.15, 0.2) is 0 Å². The fraction of sp³-hybridized carbons (Fsp3) is 0.571. The van der Waals surface area contributed by atoms with Gasteiger partial charge in [-0.25, -0.2) is 4.79 Å². The van der Waals surface area contributed by atoms with Crippen molar-refractivity contribution >= 4 is 23.3 Å². The summed E-state index contributed by atoms with van der Waals surface area (Å²) in [5.74, 6) is -0.0717. The van der Waals surface area contributed by atoms with Gasteiger partial charge in [-0.15, -0.1) is 11.3 Å². The molecule has 0 aliphatic heterocycles. The van der Waals surface area contributed by atoms with Crippen LogP contribution in [0.3, 0.4) is 0 Å². The molecular weight excluding hydrogens is 276 g/mol. The van der Waals surface area contributed by atoms with Crippen LogP contribution < -0.4 is 10.6 Å². The first-order chi connectivity index (χ1) is 9.37. The number of nitrogens with one attached hydrogen (secondary N) is 2. The van der Waals surface area contributed by atoms with E-state index in [1.807, 2.05) is 17.5 Å². The molecule has 0 radical (unpaired) electrons. The van der Waals surface area contributed by atoms with Gasteiger partial charge < -0.3 is 15.4 Å². The molecule has 0 unspecified atom stereocenters. The molecule has 20 heavy (non-hydrogen) atoms. The Bertz CT molecular complexity index is 424. The van der Waals surface area contributed by atoms with E-state index in [1.54, 1.807) is 32.1 Å². The van der Waals surface area contributed by atoms with Crippen LogP contribution in [0.4, 0.5) is 4.79 Å². The maximum Gasteiger partial charge on any atom is 0.407 e. The minimum atomic E-state index is -0.521. The third kappa shape index (κ3) is 7.78. The zero-order valence-electron chi connectivity index (χ0n) is 12.2. The Kier molecular flexibility index (Phi) is 6.51. The predicted molar refractivity (Wildman–Crippen MR) is 79.9 cm³/mol. The van der Waals surface area contributed by atoms with Gasteiger partial charge in [-0.2, -0.15) is 0 Å². The normalized spacial score (nSPS) is 10.9. The Labute approximate surface area is 123 Å². The second-order valence-corrected chi connectivity index (χ2v) is 6.39. The highest BCUT2D eigenvalue weighted by Crippen LogP contribution is 2.08. The molecule has 0 aliphatic rings. The molecule has 0 spiro atoms. The summed E-state index contributed by atoms with van der Waals surface area (Å²) in [6.45, 7) is 6.28. The van der Waals surface area contributed by atoms with Crippen LogP contribution in [0.1, 0.15) is 32.1 Å². The second kappa shape index (κ2) is 7.89. The number of alkyl carbamates (subject to hydrolysis) is 1. The molecule has 6 heteroatoms. The number of ether oxygens (including phenoxy) is 1. The van der Waals surface area contributed by atoms with E-state index in [4.69, 9.17) is 4.74 Å². The van der Waals surface area contributed by atoms with Crippen LogP contribution in [0.2, 0.25) is 0 Å². The highest BCUT2D eigenvalue weighted by molar-refractivity contribution is 7.09. The van der Waals surface area contributed by atoms with E-state index in [-0.39, 0.29) is 18.9 Å². The molecule has 1 aromatic rings. The molecule has 2 N–H and O–H groups in total. The standard InChI is InChI=1S/C14H22N2O3S/c1-14(2,3)19-13(18)16-9-7-12(17)15-8-6-11-5-4-10-20-11/h4-5,10H,6-9H2,1-3H3,(H,15,17)(H,16,18). The molecule has 0 bridgehead atoms. The number of carbonyl (C=O) groups excluding carboxylic acids is 2. The zero-order chi connectivity index (χ0) is 15.0. The van der Waals surface area contributed by atoms with Gasteiger partial charge in [0, 0.05) is 24.4 Å². The molecule has 112 valence electrons. The van der Waals surface area contributed by atoms with Crippen LogP contribution in [0, 0.1) is 0 Å². The fourth-order valence-electron chi connectivity index (χ4n) is 1.46. The van der Waals surface area contributed by atoms with Crippen molar-refractivity contribution in [3.05, 3.63) is 22.4 Å². The van der Waals surface area contributed by atoms with Crippen molar-refractivity contribution in [2.24, 2.45) is 0 Å². The zero-order valence-corrected chi connectivity index (χ0v) is 13.0. The van der Waals surface area contributed by atoms with Crippen molar-refractivity contribution in [2.75, 3.05) is 13.1 Å². The highest BCUT2D eigenvalue weighted by atomic mass is 32.1. The molecule has 2 amide bonds. The Morgan fingerprint density at radius 2 is 2.00 bits per heavy atom. The van der Waals surface area contributed by atoms with Gasteiger partial charge in [0.2, 0.25) is 5.91 Å². The largest absolute Gasteiger partial charge is 0.444 e. The van der Waals surface area contributed by atoms with Crippen molar-refractivity contribution in [2.45, 2.75) is 39.2 Å². The molecule has 0 fully saturated rings. The first kappa shape index (κ1) is 16.5. The Balaban J connectivity index is 2.07. The van der Waals surface area contributed by atoms with E-state index < -0.39 is 11.7 Å². The molecule has 1 rings (SSSR count). The lowest BCUT2D eigenvalue weighted by Crippen LogP contribution is -2.35. The van der Waals surface area contributed by atoms with E-state index in [0.29, 0.717) is 6.54 Å². The Morgan fingerprint density at radius 1 is 1.25 bits per heavy atom. The Morgan fingerprint density at radius 3 is 2.60 bits per heavy atom. The van der Waals surface area contributed by atoms with Gasteiger partial charge in [-0.3, -0.25) is 4.79 Å². The molecule has 1 aromatic heterocycles. The van der Waals surface area contributed by atoms with Crippen LogP contribution >= 0.6 is 11.3 Å². The minimum Gasteiger partial charge on any atom is -0.444 e. The number of rotatable bonds is 6. The van der Waals surface area contributed by atoms with Crippen LogP contribution in [0.5, 0.6) is 0 Å². The molecular formula is C14H22N2O3S. The van der Waals surface area contributed by atoms with E-state index >= 15 is 0 Å². The fourth-order valence-corrected chi connectivity index (χ4v) is 2.17. The summed E-state index contributed by atoms with van der Waals surface area (Å²) in [6.07, 6.45) is 0.593. The van der Waals surface area contributed by atoms with Crippen molar-refractivity contribution in [3.63, 3.8) is 0 Å². The lowest BCUT2D eigenvalue weighted by Gasteiger charge is -2.19. The maximum atomic E-state index is 11.5. The molecule has 0 aromatic carbocycles. The van der Waals surface area contributed by atoms with E-state index in [0.717, 1.165) is 6.42 Å². The van der Waals surface area contributed by atoms with Crippen molar-refractivity contribution in [1.82, 2.24) is 10.6 Å². The first-order valence-corrected chi connectivity index (χ1v) is 7.51. The van der Waals surface area contributed by atoms with Crippen LogP contribution in [-0.4, -0.2) is 30.7 Å². The quantitative estimate of drug-likeness (QED) is 0.847. The van der Waals surface area contributed by atoms with Crippen LogP contribution in [0.25, 0.3) is 0 Å². The van der Waals surface area contributed by atoms with Gasteiger partial charge in [0.25, 0.3) is 0 Å². The molecule has 1 heterocycles. The van der Waals surface area contributed by atoms with Crippen molar-refractivity contribution in [3.8, 4) is 0 Å². The van der Waals surface area contributed by atoms with E-state index in [1.165, 1.54) is 4.88 Å². The smallest absolute Gasteiger partial charge is 0.407 e. The topological polar surface area (TPSA) is 67.4 Å². The number of amides is 2. The monoisotopic (exact) mass is 298 g/mol. The molecule has 5 nitrogen and oxygen atoms in total. The number of thiophene rings is 1. The minimum absolute atomic E-state index is 0.0717. The number of hydrogen-bond donors (Lipinski definition) is 2. The predicted octanol–water partition coefficient (Wildman–Crippen LogP) is 2.32. The summed E-state index contributed by atoms with van der Waals surface area (Å²) in [6, 6.07) is 4.04. The molecule has 0 saturated carbocycles.